The van der Waals surface area contributed by atoms with Gasteiger partial charge in [-0.25, -0.2) is 0 Å². The van der Waals surface area contributed by atoms with Crippen LogP contribution < -0.4 is 5.32 Å². The van der Waals surface area contributed by atoms with Gasteiger partial charge in [0.05, 0.1) is 17.3 Å². The van der Waals surface area contributed by atoms with E-state index in [1.807, 2.05) is 19.0 Å². The van der Waals surface area contributed by atoms with Gasteiger partial charge in [-0.1, -0.05) is 17.7 Å². The summed E-state index contributed by atoms with van der Waals surface area (Å²) in [6.45, 7) is 0.446. The number of likely N-dealkylation sites (N-methyl/N-ethyl adjacent to an activating group) is 1. The van der Waals surface area contributed by atoms with Gasteiger partial charge in [0, 0.05) is 19.7 Å². The van der Waals surface area contributed by atoms with E-state index in [1.54, 1.807) is 6.08 Å². The highest BCUT2D eigenvalue weighted by Crippen LogP contribution is 2.35. The Kier molecular flexibility index (Phi) is 5.79. The molecule has 9 heteroatoms. The molecule has 0 bridgehead atoms. The van der Waals surface area contributed by atoms with E-state index in [0.717, 1.165) is 4.68 Å². The van der Waals surface area contributed by atoms with Gasteiger partial charge in [-0.05, 0) is 14.1 Å². The third-order valence-corrected chi connectivity index (χ3v) is 2.94. The number of aryl methyl sites for hydroxylation is 1. The first-order chi connectivity index (χ1) is 9.62. The zero-order chi connectivity index (χ0) is 16.2. The lowest BCUT2D eigenvalue weighted by molar-refractivity contribution is -0.141. The molecule has 118 valence electrons. The van der Waals surface area contributed by atoms with Crippen LogP contribution in [0, 0.1) is 0 Å². The monoisotopic (exact) mass is 324 g/mol. The number of aromatic nitrogens is 2. The van der Waals surface area contributed by atoms with Crippen molar-refractivity contribution in [2.75, 3.05) is 20.6 Å². The maximum absolute atomic E-state index is 12.6. The fourth-order valence-electron chi connectivity index (χ4n) is 1.51. The van der Waals surface area contributed by atoms with E-state index in [0.29, 0.717) is 6.54 Å². The summed E-state index contributed by atoms with van der Waals surface area (Å²) in [6.07, 6.45) is -1.67. The van der Waals surface area contributed by atoms with Crippen molar-refractivity contribution in [2.24, 2.45) is 7.05 Å². The highest BCUT2D eigenvalue weighted by molar-refractivity contribution is 6.32. The molecule has 0 aromatic carbocycles. The van der Waals surface area contributed by atoms with Crippen LogP contribution in [0.15, 0.2) is 12.2 Å². The number of amides is 1. The molecule has 1 rings (SSSR count). The fourth-order valence-corrected chi connectivity index (χ4v) is 1.84. The summed E-state index contributed by atoms with van der Waals surface area (Å²) in [5.74, 6) is -0.414. The summed E-state index contributed by atoms with van der Waals surface area (Å²) < 4.78 is 38.9. The molecule has 21 heavy (non-hydrogen) atoms. The second-order valence-corrected chi connectivity index (χ2v) is 4.99. The minimum Gasteiger partial charge on any atom is -0.347 e. The first kappa shape index (κ1) is 17.5. The van der Waals surface area contributed by atoms with Crippen LogP contribution >= 0.6 is 11.6 Å². The summed E-state index contributed by atoms with van der Waals surface area (Å²) in [4.78, 5) is 13.4. The maximum atomic E-state index is 12.6. The molecule has 0 unspecified atom stereocenters. The predicted molar refractivity (Wildman–Crippen MR) is 72.8 cm³/mol. The van der Waals surface area contributed by atoms with Crippen molar-refractivity contribution in [3.63, 3.8) is 0 Å². The van der Waals surface area contributed by atoms with E-state index < -0.39 is 22.8 Å². The lowest BCUT2D eigenvalue weighted by atomic mass is 10.3. The predicted octanol–water partition coefficient (Wildman–Crippen LogP) is 1.83. The molecule has 0 saturated carbocycles. The highest BCUT2D eigenvalue weighted by atomic mass is 35.5. The molecule has 1 aromatic rings. The smallest absolute Gasteiger partial charge is 0.347 e. The number of nitrogens with one attached hydrogen (secondary N) is 1. The molecular formula is C12H16ClF3N4O. The van der Waals surface area contributed by atoms with Crippen LogP contribution in [0.3, 0.4) is 0 Å². The van der Waals surface area contributed by atoms with E-state index >= 15 is 0 Å². The van der Waals surface area contributed by atoms with Crippen LogP contribution in [0.1, 0.15) is 11.4 Å². The number of carbonyl (C=O) groups is 1. The summed E-state index contributed by atoms with van der Waals surface area (Å²) in [6, 6.07) is 0. The summed E-state index contributed by atoms with van der Waals surface area (Å²) >= 11 is 5.66. The van der Waals surface area contributed by atoms with Gasteiger partial charge in [0.15, 0.2) is 5.69 Å². The Morgan fingerprint density at radius 3 is 2.57 bits per heavy atom. The largest absolute Gasteiger partial charge is 0.436 e. The molecule has 1 aromatic heterocycles. The topological polar surface area (TPSA) is 50.2 Å². The van der Waals surface area contributed by atoms with E-state index in [9.17, 15) is 18.0 Å². The number of rotatable bonds is 5. The van der Waals surface area contributed by atoms with Crippen molar-refractivity contribution < 1.29 is 18.0 Å². The van der Waals surface area contributed by atoms with Gasteiger partial charge in [0.1, 0.15) is 0 Å². The summed E-state index contributed by atoms with van der Waals surface area (Å²) in [5.41, 5.74) is -1.06. The van der Waals surface area contributed by atoms with Gasteiger partial charge in [-0.3, -0.25) is 9.48 Å². The van der Waals surface area contributed by atoms with E-state index in [2.05, 4.69) is 10.4 Å². The number of carbonyl (C=O) groups excluding carboxylic acids is 1. The highest BCUT2D eigenvalue weighted by Gasteiger charge is 2.38. The maximum Gasteiger partial charge on any atom is 0.436 e. The third kappa shape index (κ3) is 5.05. The molecule has 0 atom stereocenters. The van der Waals surface area contributed by atoms with Crippen molar-refractivity contribution in [3.05, 3.63) is 28.6 Å². The van der Waals surface area contributed by atoms with Crippen LogP contribution in [-0.2, 0) is 24.6 Å². The molecule has 0 saturated heterocycles. The van der Waals surface area contributed by atoms with Crippen LogP contribution in [0.25, 0.3) is 0 Å². The van der Waals surface area contributed by atoms with Gasteiger partial charge >= 0.3 is 6.18 Å². The molecular weight excluding hydrogens is 309 g/mol. The van der Waals surface area contributed by atoms with Crippen LogP contribution in [-0.4, -0.2) is 41.2 Å². The average Bonchev–Trinajstić information content (AvgIpc) is 2.62. The molecule has 0 aliphatic heterocycles. The number of alkyl halides is 3. The van der Waals surface area contributed by atoms with Crippen molar-refractivity contribution >= 4 is 17.5 Å². The first-order valence-corrected chi connectivity index (χ1v) is 6.38. The summed E-state index contributed by atoms with van der Waals surface area (Å²) in [7, 11) is 5.02. The molecule has 1 N–H and O–H groups in total. The van der Waals surface area contributed by atoms with E-state index in [-0.39, 0.29) is 12.2 Å². The number of nitrogens with zero attached hydrogens (tertiary/aromatic N) is 3. The van der Waals surface area contributed by atoms with Crippen molar-refractivity contribution in [1.29, 1.82) is 0 Å². The van der Waals surface area contributed by atoms with Crippen molar-refractivity contribution in [3.8, 4) is 0 Å². The van der Waals surface area contributed by atoms with Crippen LogP contribution in [0.2, 0.25) is 5.02 Å². The van der Waals surface area contributed by atoms with E-state index in [4.69, 9.17) is 11.6 Å². The average molecular weight is 325 g/mol. The zero-order valence-corrected chi connectivity index (χ0v) is 12.6. The molecule has 0 fully saturated rings. The van der Waals surface area contributed by atoms with Crippen LogP contribution in [0.4, 0.5) is 13.2 Å². The lowest BCUT2D eigenvalue weighted by Gasteiger charge is -2.05. The molecule has 5 nitrogen and oxygen atoms in total. The normalized spacial score (nSPS) is 12.4. The van der Waals surface area contributed by atoms with Gasteiger partial charge in [-0.15, -0.1) is 0 Å². The molecule has 0 aliphatic carbocycles. The van der Waals surface area contributed by atoms with Crippen molar-refractivity contribution in [2.45, 2.75) is 12.7 Å². The first-order valence-electron chi connectivity index (χ1n) is 6.00. The Balaban J connectivity index is 2.70. The Morgan fingerprint density at radius 2 is 2.10 bits per heavy atom. The van der Waals surface area contributed by atoms with Crippen LogP contribution in [0.5, 0.6) is 0 Å². The van der Waals surface area contributed by atoms with Crippen molar-refractivity contribution in [1.82, 2.24) is 20.0 Å². The minimum absolute atomic E-state index is 0.0957. The zero-order valence-electron chi connectivity index (χ0n) is 11.8. The molecule has 0 radical (unpaired) electrons. The second-order valence-electron chi connectivity index (χ2n) is 4.61. The number of hydrogen-bond donors (Lipinski definition) is 1. The molecule has 1 heterocycles. The second kappa shape index (κ2) is 6.95. The Hall–Kier alpha value is -1.54. The SMILES string of the molecule is CN(C)C/C=C/C(=O)NCc1c(Cl)c(C(F)(F)F)nn1C. The van der Waals surface area contributed by atoms with Gasteiger partial charge in [-0.2, -0.15) is 18.3 Å². The fraction of sp³-hybridized carbons (Fsp3) is 0.500. The molecule has 1 amide bonds. The Bertz CT molecular complexity index is 537. The standard InChI is InChI=1S/C12H16ClF3N4O/c1-19(2)6-4-5-9(21)17-7-8-10(13)11(12(14,15)16)18-20(8)3/h4-5H,6-7H2,1-3H3,(H,17,21)/b5-4+. The Morgan fingerprint density at radius 1 is 1.48 bits per heavy atom. The summed E-state index contributed by atoms with van der Waals surface area (Å²) in [5, 5.41) is 5.29. The van der Waals surface area contributed by atoms with Gasteiger partial charge in [0.2, 0.25) is 5.91 Å². The number of halogens is 4. The minimum atomic E-state index is -4.62. The van der Waals surface area contributed by atoms with Gasteiger partial charge < -0.3 is 10.2 Å². The third-order valence-electron chi connectivity index (χ3n) is 2.54. The number of hydrogen-bond acceptors (Lipinski definition) is 3. The Labute approximate surface area is 125 Å². The molecule has 0 spiro atoms. The van der Waals surface area contributed by atoms with E-state index in [1.165, 1.54) is 13.1 Å². The van der Waals surface area contributed by atoms with Gasteiger partial charge in [0.25, 0.3) is 0 Å². The lowest BCUT2D eigenvalue weighted by Crippen LogP contribution is -2.22. The molecule has 0 aliphatic rings. The quantitative estimate of drug-likeness (QED) is 0.841.